The number of fused-ring (bicyclic) bond motifs is 2. The molecule has 0 atom stereocenters. The van der Waals surface area contributed by atoms with Gasteiger partial charge in [0.1, 0.15) is 0 Å². The first kappa shape index (κ1) is 13.1. The van der Waals surface area contributed by atoms with Crippen molar-refractivity contribution in [3.63, 3.8) is 0 Å². The summed E-state index contributed by atoms with van der Waals surface area (Å²) in [5.74, 6) is 0.381. The Hall–Kier alpha value is -2.54. The molecule has 0 aliphatic heterocycles. The van der Waals surface area contributed by atoms with Crippen molar-refractivity contribution in [1.29, 1.82) is 0 Å². The largest absolute Gasteiger partial charge is 0.419 e. The molecule has 3 aromatic heterocycles. The number of nitrogens with zero attached hydrogens (tertiary/aromatic N) is 4. The van der Waals surface area contributed by atoms with Gasteiger partial charge in [-0.2, -0.15) is 0 Å². The van der Waals surface area contributed by atoms with E-state index in [2.05, 4.69) is 10.2 Å². The van der Waals surface area contributed by atoms with Crippen molar-refractivity contribution in [1.82, 2.24) is 19.2 Å². The SMILES string of the molecule is O=c1oc2ccccc2n1CCSc1nnc2ccccn12. The molecule has 0 unspecified atom stereocenters. The van der Waals surface area contributed by atoms with Crippen LogP contribution in [0.1, 0.15) is 0 Å². The molecule has 7 heteroatoms. The molecule has 0 bridgehead atoms. The van der Waals surface area contributed by atoms with Crippen LogP contribution >= 0.6 is 11.8 Å². The quantitative estimate of drug-likeness (QED) is 0.542. The van der Waals surface area contributed by atoms with E-state index in [9.17, 15) is 4.79 Å². The first-order valence-electron chi connectivity index (χ1n) is 6.84. The second-order valence-electron chi connectivity index (χ2n) is 4.75. The lowest BCUT2D eigenvalue weighted by Crippen LogP contribution is -2.15. The van der Waals surface area contributed by atoms with E-state index in [0.29, 0.717) is 17.9 Å². The van der Waals surface area contributed by atoms with Crippen LogP contribution in [0, 0.1) is 0 Å². The summed E-state index contributed by atoms with van der Waals surface area (Å²) in [6.07, 6.45) is 1.93. The maximum Gasteiger partial charge on any atom is 0.419 e. The zero-order valence-corrected chi connectivity index (χ0v) is 12.4. The minimum Gasteiger partial charge on any atom is -0.408 e. The molecule has 1 aromatic carbocycles. The monoisotopic (exact) mass is 312 g/mol. The van der Waals surface area contributed by atoms with Crippen LogP contribution in [0.3, 0.4) is 0 Å². The lowest BCUT2D eigenvalue weighted by Gasteiger charge is -2.01. The Labute approximate surface area is 129 Å². The van der Waals surface area contributed by atoms with Crippen molar-refractivity contribution in [3.05, 3.63) is 59.2 Å². The fourth-order valence-corrected chi connectivity index (χ4v) is 3.22. The van der Waals surface area contributed by atoms with Crippen molar-refractivity contribution in [2.24, 2.45) is 0 Å². The highest BCUT2D eigenvalue weighted by Gasteiger charge is 2.09. The predicted molar refractivity (Wildman–Crippen MR) is 84.2 cm³/mol. The van der Waals surface area contributed by atoms with Crippen LogP contribution in [0.15, 0.2) is 63.0 Å². The minimum atomic E-state index is -0.326. The smallest absolute Gasteiger partial charge is 0.408 e. The molecule has 4 rings (SSSR count). The molecular formula is C15H12N4O2S. The lowest BCUT2D eigenvalue weighted by molar-refractivity contribution is 0.514. The summed E-state index contributed by atoms with van der Waals surface area (Å²) >= 11 is 1.56. The maximum atomic E-state index is 11.9. The first-order chi connectivity index (χ1) is 10.8. The molecule has 0 N–H and O–H groups in total. The second-order valence-corrected chi connectivity index (χ2v) is 5.81. The number of hydrogen-bond donors (Lipinski definition) is 0. The van der Waals surface area contributed by atoms with Crippen LogP contribution in [0.25, 0.3) is 16.7 Å². The van der Waals surface area contributed by atoms with E-state index in [-0.39, 0.29) is 5.76 Å². The number of rotatable bonds is 4. The predicted octanol–water partition coefficient (Wildman–Crippen LogP) is 2.43. The topological polar surface area (TPSA) is 65.3 Å². The summed E-state index contributed by atoms with van der Waals surface area (Å²) in [5, 5.41) is 9.09. The Bertz CT molecular complexity index is 1000. The van der Waals surface area contributed by atoms with Crippen LogP contribution in [-0.2, 0) is 6.54 Å². The molecule has 110 valence electrons. The Morgan fingerprint density at radius 2 is 1.95 bits per heavy atom. The third-order valence-electron chi connectivity index (χ3n) is 3.40. The molecule has 3 heterocycles. The molecule has 0 saturated carbocycles. The van der Waals surface area contributed by atoms with E-state index in [1.165, 1.54) is 0 Å². The normalized spacial score (nSPS) is 11.5. The average Bonchev–Trinajstić information content (AvgIpc) is 3.09. The molecule has 0 amide bonds. The van der Waals surface area contributed by atoms with Gasteiger partial charge in [-0.25, -0.2) is 4.79 Å². The highest BCUT2D eigenvalue weighted by Crippen LogP contribution is 2.18. The summed E-state index contributed by atoms with van der Waals surface area (Å²) in [7, 11) is 0. The minimum absolute atomic E-state index is 0.326. The fourth-order valence-electron chi connectivity index (χ4n) is 2.37. The highest BCUT2D eigenvalue weighted by atomic mass is 32.2. The molecule has 0 spiro atoms. The molecule has 0 saturated heterocycles. The summed E-state index contributed by atoms with van der Waals surface area (Å²) in [6, 6.07) is 13.2. The van der Waals surface area contributed by atoms with Crippen LogP contribution in [0.2, 0.25) is 0 Å². The molecule has 22 heavy (non-hydrogen) atoms. The van der Waals surface area contributed by atoms with Crippen molar-refractivity contribution in [3.8, 4) is 0 Å². The average molecular weight is 312 g/mol. The van der Waals surface area contributed by atoms with Crippen molar-refractivity contribution in [2.45, 2.75) is 11.7 Å². The Morgan fingerprint density at radius 3 is 2.91 bits per heavy atom. The number of hydrogen-bond acceptors (Lipinski definition) is 5. The van der Waals surface area contributed by atoms with Crippen LogP contribution in [-0.4, -0.2) is 24.9 Å². The van der Waals surface area contributed by atoms with E-state index < -0.39 is 0 Å². The molecule has 0 radical (unpaired) electrons. The van der Waals surface area contributed by atoms with Gasteiger partial charge < -0.3 is 4.42 Å². The molecule has 0 aliphatic rings. The van der Waals surface area contributed by atoms with Gasteiger partial charge in [0, 0.05) is 18.5 Å². The van der Waals surface area contributed by atoms with Gasteiger partial charge in [0.05, 0.1) is 5.52 Å². The lowest BCUT2D eigenvalue weighted by atomic mass is 10.3. The van der Waals surface area contributed by atoms with Crippen molar-refractivity contribution >= 4 is 28.5 Å². The van der Waals surface area contributed by atoms with Gasteiger partial charge in [-0.3, -0.25) is 8.97 Å². The number of pyridine rings is 1. The second kappa shape index (κ2) is 5.34. The van der Waals surface area contributed by atoms with Gasteiger partial charge in [0.25, 0.3) is 0 Å². The molecule has 0 aliphatic carbocycles. The Kier molecular flexibility index (Phi) is 3.19. The number of oxazole rings is 1. The zero-order chi connectivity index (χ0) is 14.9. The van der Waals surface area contributed by atoms with E-state index in [1.807, 2.05) is 47.0 Å². The van der Waals surface area contributed by atoms with E-state index in [4.69, 9.17) is 4.42 Å². The third-order valence-corrected chi connectivity index (χ3v) is 4.33. The van der Waals surface area contributed by atoms with Gasteiger partial charge in [-0.15, -0.1) is 10.2 Å². The molecule has 0 fully saturated rings. The first-order valence-corrected chi connectivity index (χ1v) is 7.82. The Balaban J connectivity index is 1.55. The summed E-state index contributed by atoms with van der Waals surface area (Å²) < 4.78 is 8.80. The Morgan fingerprint density at radius 1 is 1.09 bits per heavy atom. The number of thioether (sulfide) groups is 1. The molecule has 6 nitrogen and oxygen atoms in total. The number of aryl methyl sites for hydroxylation is 1. The number of benzene rings is 1. The van der Waals surface area contributed by atoms with Crippen molar-refractivity contribution in [2.75, 3.05) is 5.75 Å². The number of aromatic nitrogens is 4. The van der Waals surface area contributed by atoms with E-state index in [1.54, 1.807) is 22.4 Å². The third kappa shape index (κ3) is 2.19. The van der Waals surface area contributed by atoms with Crippen LogP contribution in [0.4, 0.5) is 0 Å². The van der Waals surface area contributed by atoms with Gasteiger partial charge in [0.15, 0.2) is 16.4 Å². The summed E-state index contributed by atoms with van der Waals surface area (Å²) in [5.41, 5.74) is 2.25. The molecule has 4 aromatic rings. The number of para-hydroxylation sites is 2. The van der Waals surface area contributed by atoms with Gasteiger partial charge in [0.2, 0.25) is 0 Å². The standard InChI is InChI=1S/C15H12N4O2S/c20-15-18(11-5-1-2-6-12(11)21-15)9-10-22-14-17-16-13-7-3-4-8-19(13)14/h1-8H,9-10H2. The fraction of sp³-hybridized carbons (Fsp3) is 0.133. The molecular weight excluding hydrogens is 300 g/mol. The van der Waals surface area contributed by atoms with E-state index >= 15 is 0 Å². The van der Waals surface area contributed by atoms with E-state index in [0.717, 1.165) is 16.3 Å². The highest BCUT2D eigenvalue weighted by molar-refractivity contribution is 7.99. The van der Waals surface area contributed by atoms with Gasteiger partial charge >= 0.3 is 5.76 Å². The maximum absolute atomic E-state index is 11.9. The van der Waals surface area contributed by atoms with Crippen LogP contribution in [0.5, 0.6) is 0 Å². The summed E-state index contributed by atoms with van der Waals surface area (Å²) in [6.45, 7) is 0.558. The van der Waals surface area contributed by atoms with Gasteiger partial charge in [-0.05, 0) is 24.3 Å². The summed E-state index contributed by atoms with van der Waals surface area (Å²) in [4.78, 5) is 11.9. The van der Waals surface area contributed by atoms with Crippen molar-refractivity contribution < 1.29 is 4.42 Å². The van der Waals surface area contributed by atoms with Gasteiger partial charge in [-0.1, -0.05) is 30.0 Å². The van der Waals surface area contributed by atoms with Crippen LogP contribution < -0.4 is 5.76 Å². The zero-order valence-electron chi connectivity index (χ0n) is 11.5.